The Hall–Kier alpha value is -1.24. The highest BCUT2D eigenvalue weighted by atomic mass is 32.2. The van der Waals surface area contributed by atoms with E-state index < -0.39 is 0 Å². The van der Waals surface area contributed by atoms with Crippen molar-refractivity contribution in [3.8, 4) is 0 Å². The molecule has 1 aromatic rings. The number of rotatable bonds is 2. The fraction of sp³-hybridized carbons (Fsp3) is 0.625. The summed E-state index contributed by atoms with van der Waals surface area (Å²) in [4.78, 5) is 11.6. The number of aromatic nitrogens is 2. The van der Waals surface area contributed by atoms with Gasteiger partial charge in [-0.2, -0.15) is 11.8 Å². The Balaban J connectivity index is 1.94. The maximum atomic E-state index is 11.6. The van der Waals surface area contributed by atoms with E-state index in [0.29, 0.717) is 0 Å². The number of thioether (sulfide) groups is 1. The molecular weight excluding hydrogens is 216 g/mol. The minimum atomic E-state index is -0.304. The molecule has 1 unspecified atom stereocenters. The third kappa shape index (κ3) is 2.41. The number of hydrogen-bond donors (Lipinski definition) is 2. The van der Waals surface area contributed by atoms with Crippen molar-refractivity contribution in [2.24, 2.45) is 0 Å². The average molecular weight is 228 g/mol. The van der Waals surface area contributed by atoms with Crippen LogP contribution in [0.25, 0.3) is 0 Å². The summed E-state index contributed by atoms with van der Waals surface area (Å²) in [6, 6.07) is 0.201. The summed E-state index contributed by atoms with van der Waals surface area (Å²) in [5, 5.41) is 9.67. The second-order valence-corrected chi connectivity index (χ2v) is 4.54. The molecule has 1 aromatic heterocycles. The third-order valence-electron chi connectivity index (χ3n) is 2.22. The highest BCUT2D eigenvalue weighted by molar-refractivity contribution is 7.99. The van der Waals surface area contributed by atoms with Crippen LogP contribution in [-0.4, -0.2) is 33.8 Å². The van der Waals surface area contributed by atoms with Crippen molar-refractivity contribution >= 4 is 23.5 Å². The molecule has 0 radical (unpaired) electrons. The highest BCUT2D eigenvalue weighted by Crippen LogP contribution is 2.17. The lowest BCUT2D eigenvalue weighted by atomic mass is 10.2. The number of nitrogen functional groups attached to an aromatic ring is 1. The molecule has 82 valence electrons. The molecule has 7 heteroatoms. The summed E-state index contributed by atoms with van der Waals surface area (Å²) in [6.07, 6.45) is 2.13. The fourth-order valence-corrected chi connectivity index (χ4v) is 2.53. The predicted molar refractivity (Wildman–Crippen MR) is 56.5 cm³/mol. The van der Waals surface area contributed by atoms with E-state index in [1.54, 1.807) is 0 Å². The van der Waals surface area contributed by atoms with Crippen LogP contribution in [0.1, 0.15) is 23.3 Å². The summed E-state index contributed by atoms with van der Waals surface area (Å²) < 4.78 is 4.36. The molecule has 1 fully saturated rings. The quantitative estimate of drug-likeness (QED) is 0.755. The Morgan fingerprint density at radius 2 is 2.47 bits per heavy atom. The molecule has 0 spiro atoms. The Kier molecular flexibility index (Phi) is 3.10. The van der Waals surface area contributed by atoms with Gasteiger partial charge in [-0.25, -0.2) is 4.63 Å². The molecule has 2 rings (SSSR count). The maximum Gasteiger partial charge on any atom is 0.277 e. The first-order chi connectivity index (χ1) is 7.27. The number of anilines is 1. The molecule has 3 N–H and O–H groups in total. The molecule has 0 saturated carbocycles. The van der Waals surface area contributed by atoms with Crippen molar-refractivity contribution in [1.82, 2.24) is 15.6 Å². The van der Waals surface area contributed by atoms with Crippen molar-refractivity contribution in [3.63, 3.8) is 0 Å². The zero-order chi connectivity index (χ0) is 10.7. The Morgan fingerprint density at radius 3 is 3.07 bits per heavy atom. The van der Waals surface area contributed by atoms with Crippen molar-refractivity contribution in [3.05, 3.63) is 5.69 Å². The van der Waals surface area contributed by atoms with Gasteiger partial charge in [-0.1, -0.05) is 0 Å². The largest absolute Gasteiger partial charge is 0.379 e. The number of nitrogens with one attached hydrogen (secondary N) is 1. The van der Waals surface area contributed by atoms with Crippen LogP contribution in [0, 0.1) is 0 Å². The lowest BCUT2D eigenvalue weighted by Crippen LogP contribution is -2.38. The standard InChI is InChI=1S/C8H12N4O2S/c9-7-6(11-14-12-7)8(13)10-5-2-1-3-15-4-5/h5H,1-4H2,(H2,9,12)(H,10,13). The van der Waals surface area contributed by atoms with Gasteiger partial charge in [-0.3, -0.25) is 4.79 Å². The lowest BCUT2D eigenvalue weighted by Gasteiger charge is -2.21. The van der Waals surface area contributed by atoms with E-state index in [0.717, 1.165) is 18.6 Å². The smallest absolute Gasteiger partial charge is 0.277 e. The van der Waals surface area contributed by atoms with Crippen LogP contribution in [0.15, 0.2) is 4.63 Å². The van der Waals surface area contributed by atoms with Crippen LogP contribution in [-0.2, 0) is 0 Å². The Morgan fingerprint density at radius 1 is 1.60 bits per heavy atom. The summed E-state index contributed by atoms with van der Waals surface area (Å²) in [5.74, 6) is 1.84. The molecule has 1 atom stereocenters. The van der Waals surface area contributed by atoms with Gasteiger partial charge in [-0.15, -0.1) is 0 Å². The summed E-state index contributed by atoms with van der Waals surface area (Å²) in [6.45, 7) is 0. The maximum absolute atomic E-state index is 11.6. The van der Waals surface area contributed by atoms with Gasteiger partial charge < -0.3 is 11.1 Å². The first-order valence-corrected chi connectivity index (χ1v) is 5.89. The summed E-state index contributed by atoms with van der Waals surface area (Å²) in [5.41, 5.74) is 5.49. The van der Waals surface area contributed by atoms with Gasteiger partial charge in [0.2, 0.25) is 11.5 Å². The SMILES string of the molecule is Nc1nonc1C(=O)NC1CCCSC1. The molecule has 2 heterocycles. The van der Waals surface area contributed by atoms with E-state index in [4.69, 9.17) is 5.73 Å². The van der Waals surface area contributed by atoms with Gasteiger partial charge in [-0.05, 0) is 28.9 Å². The van der Waals surface area contributed by atoms with Gasteiger partial charge in [0.15, 0.2) is 0 Å². The van der Waals surface area contributed by atoms with E-state index in [2.05, 4.69) is 20.3 Å². The zero-order valence-electron chi connectivity index (χ0n) is 8.10. The molecule has 0 aliphatic carbocycles. The predicted octanol–water partition coefficient (Wildman–Crippen LogP) is 0.277. The van der Waals surface area contributed by atoms with Crippen LogP contribution in [0.3, 0.4) is 0 Å². The van der Waals surface area contributed by atoms with E-state index >= 15 is 0 Å². The number of nitrogens with zero attached hydrogens (tertiary/aromatic N) is 2. The van der Waals surface area contributed by atoms with Crippen LogP contribution < -0.4 is 11.1 Å². The minimum Gasteiger partial charge on any atom is -0.379 e. The molecule has 15 heavy (non-hydrogen) atoms. The first-order valence-electron chi connectivity index (χ1n) is 4.74. The minimum absolute atomic E-state index is 0.0379. The van der Waals surface area contributed by atoms with Gasteiger partial charge in [0.05, 0.1) is 0 Å². The highest BCUT2D eigenvalue weighted by Gasteiger charge is 2.21. The second-order valence-electron chi connectivity index (χ2n) is 3.39. The number of amides is 1. The number of hydrogen-bond acceptors (Lipinski definition) is 6. The van der Waals surface area contributed by atoms with Gasteiger partial charge in [0.25, 0.3) is 5.91 Å². The van der Waals surface area contributed by atoms with Crippen LogP contribution >= 0.6 is 11.8 Å². The van der Waals surface area contributed by atoms with Crippen molar-refractivity contribution in [2.75, 3.05) is 17.2 Å². The van der Waals surface area contributed by atoms with E-state index in [9.17, 15) is 4.79 Å². The van der Waals surface area contributed by atoms with Crippen LogP contribution in [0.4, 0.5) is 5.82 Å². The second kappa shape index (κ2) is 4.52. The Bertz CT molecular complexity index is 348. The zero-order valence-corrected chi connectivity index (χ0v) is 8.92. The van der Waals surface area contributed by atoms with Crippen molar-refractivity contribution < 1.29 is 9.42 Å². The first kappa shape index (κ1) is 10.3. The van der Waals surface area contributed by atoms with Gasteiger partial charge in [0, 0.05) is 11.8 Å². The summed E-state index contributed by atoms with van der Waals surface area (Å²) >= 11 is 1.84. The van der Waals surface area contributed by atoms with E-state index in [-0.39, 0.29) is 23.5 Å². The summed E-state index contributed by atoms with van der Waals surface area (Å²) in [7, 11) is 0. The topological polar surface area (TPSA) is 94.0 Å². The molecule has 1 aliphatic heterocycles. The molecule has 0 bridgehead atoms. The van der Waals surface area contributed by atoms with Crippen LogP contribution in [0.2, 0.25) is 0 Å². The van der Waals surface area contributed by atoms with E-state index in [1.807, 2.05) is 11.8 Å². The van der Waals surface area contributed by atoms with Crippen molar-refractivity contribution in [1.29, 1.82) is 0 Å². The number of nitrogens with two attached hydrogens (primary N) is 1. The van der Waals surface area contributed by atoms with Gasteiger partial charge in [0.1, 0.15) is 0 Å². The lowest BCUT2D eigenvalue weighted by molar-refractivity contribution is 0.0929. The van der Waals surface area contributed by atoms with Gasteiger partial charge >= 0.3 is 0 Å². The monoisotopic (exact) mass is 228 g/mol. The molecule has 0 aromatic carbocycles. The molecule has 1 saturated heterocycles. The average Bonchev–Trinajstić information content (AvgIpc) is 2.66. The third-order valence-corrected chi connectivity index (χ3v) is 3.44. The Labute approximate surface area is 90.9 Å². The normalized spacial score (nSPS) is 21.2. The van der Waals surface area contributed by atoms with Crippen molar-refractivity contribution in [2.45, 2.75) is 18.9 Å². The number of carbonyl (C=O) groups is 1. The molecule has 6 nitrogen and oxygen atoms in total. The van der Waals surface area contributed by atoms with E-state index in [1.165, 1.54) is 5.75 Å². The molecular formula is C8H12N4O2S. The number of carbonyl (C=O) groups excluding carboxylic acids is 1. The van der Waals surface area contributed by atoms with Crippen LogP contribution in [0.5, 0.6) is 0 Å². The molecule has 1 aliphatic rings. The molecule has 1 amide bonds. The fourth-order valence-electron chi connectivity index (χ4n) is 1.46.